The lowest BCUT2D eigenvalue weighted by Gasteiger charge is -2.35. The maximum absolute atomic E-state index is 12.5. The van der Waals surface area contributed by atoms with Gasteiger partial charge in [-0.2, -0.15) is 0 Å². The molecule has 0 aromatic heterocycles. The maximum Gasteiger partial charge on any atom is 0.216 e. The third kappa shape index (κ3) is 5.09. The summed E-state index contributed by atoms with van der Waals surface area (Å²) < 4.78 is 27.8. The molecule has 5 heteroatoms. The molecule has 1 saturated carbocycles. The topological polar surface area (TPSA) is 72.2 Å². The molecular weight excluding hydrogens is 284 g/mol. The number of rotatable bonds is 5. The normalized spacial score (nSPS) is 19.7. The van der Waals surface area contributed by atoms with E-state index in [1.165, 1.54) is 19.3 Å². The van der Waals surface area contributed by atoms with Crippen molar-refractivity contribution in [1.82, 2.24) is 4.72 Å². The van der Waals surface area contributed by atoms with Crippen LogP contribution in [0.5, 0.6) is 0 Å². The fourth-order valence-electron chi connectivity index (χ4n) is 3.09. The Hall–Kier alpha value is -0.910. The molecule has 3 N–H and O–H groups in total. The van der Waals surface area contributed by atoms with E-state index in [0.29, 0.717) is 6.54 Å². The van der Waals surface area contributed by atoms with Crippen LogP contribution in [0.15, 0.2) is 30.3 Å². The minimum absolute atomic E-state index is 0.0234. The van der Waals surface area contributed by atoms with E-state index in [2.05, 4.69) is 4.72 Å². The molecule has 118 valence electrons. The van der Waals surface area contributed by atoms with Gasteiger partial charge in [0.25, 0.3) is 0 Å². The molecule has 0 atom stereocenters. The van der Waals surface area contributed by atoms with E-state index in [9.17, 15) is 8.42 Å². The Kier molecular flexibility index (Phi) is 5.79. The van der Waals surface area contributed by atoms with Crippen molar-refractivity contribution in [2.75, 3.05) is 6.54 Å². The van der Waals surface area contributed by atoms with Gasteiger partial charge >= 0.3 is 0 Å². The second-order valence-electron chi connectivity index (χ2n) is 6.10. The molecule has 0 amide bonds. The van der Waals surface area contributed by atoms with Gasteiger partial charge in [-0.25, -0.2) is 13.1 Å². The molecule has 1 aliphatic carbocycles. The summed E-state index contributed by atoms with van der Waals surface area (Å²) in [6, 6.07) is 9.29. The summed E-state index contributed by atoms with van der Waals surface area (Å²) in [5.41, 5.74) is 6.29. The summed E-state index contributed by atoms with van der Waals surface area (Å²) >= 11 is 0. The van der Waals surface area contributed by atoms with Crippen LogP contribution in [-0.2, 0) is 15.8 Å². The van der Waals surface area contributed by atoms with Crippen molar-refractivity contribution in [1.29, 1.82) is 0 Å². The summed E-state index contributed by atoms with van der Waals surface area (Å²) in [6.07, 6.45) is 7.37. The first-order valence-corrected chi connectivity index (χ1v) is 9.46. The molecule has 1 aliphatic rings. The molecule has 0 aliphatic heterocycles. The quantitative estimate of drug-likeness (QED) is 0.878. The predicted octanol–water partition coefficient (Wildman–Crippen LogP) is 2.55. The Bertz CT molecular complexity index is 520. The second kappa shape index (κ2) is 7.38. The van der Waals surface area contributed by atoms with Crippen molar-refractivity contribution in [3.05, 3.63) is 35.9 Å². The van der Waals surface area contributed by atoms with Crippen molar-refractivity contribution >= 4 is 10.0 Å². The van der Waals surface area contributed by atoms with Gasteiger partial charge in [-0.1, -0.05) is 62.4 Å². The SMILES string of the molecule is NCC1(NS(=O)(=O)Cc2ccccc2)CCCCCCC1. The maximum atomic E-state index is 12.5. The van der Waals surface area contributed by atoms with Crippen LogP contribution >= 0.6 is 0 Å². The first-order valence-electron chi connectivity index (χ1n) is 7.81. The minimum Gasteiger partial charge on any atom is -0.329 e. The van der Waals surface area contributed by atoms with E-state index in [0.717, 1.165) is 31.2 Å². The molecule has 0 radical (unpaired) electrons. The van der Waals surface area contributed by atoms with Crippen LogP contribution in [0, 0.1) is 0 Å². The van der Waals surface area contributed by atoms with E-state index >= 15 is 0 Å². The summed E-state index contributed by atoms with van der Waals surface area (Å²) in [6.45, 7) is 0.376. The number of hydrogen-bond donors (Lipinski definition) is 2. The highest BCUT2D eigenvalue weighted by atomic mass is 32.2. The third-order valence-corrected chi connectivity index (χ3v) is 5.73. The van der Waals surface area contributed by atoms with Crippen LogP contribution in [-0.4, -0.2) is 20.5 Å². The summed E-state index contributed by atoms with van der Waals surface area (Å²) in [7, 11) is -3.36. The number of hydrogen-bond acceptors (Lipinski definition) is 3. The summed E-state index contributed by atoms with van der Waals surface area (Å²) in [5, 5.41) is 0. The van der Waals surface area contributed by atoms with E-state index < -0.39 is 15.6 Å². The van der Waals surface area contributed by atoms with Crippen LogP contribution in [0.25, 0.3) is 0 Å². The standard InChI is InChI=1S/C16H26N2O2S/c17-14-16(11-7-2-1-3-8-12-16)18-21(19,20)13-15-9-5-4-6-10-15/h4-6,9-10,18H,1-3,7-8,11-14,17H2. The smallest absolute Gasteiger partial charge is 0.216 e. The Morgan fingerprint density at radius 2 is 1.57 bits per heavy atom. The van der Waals surface area contributed by atoms with Crippen LogP contribution < -0.4 is 10.5 Å². The number of nitrogens with two attached hydrogens (primary N) is 1. The first-order chi connectivity index (χ1) is 10.1. The fourth-order valence-corrected chi connectivity index (χ4v) is 4.74. The van der Waals surface area contributed by atoms with Gasteiger partial charge in [-0.3, -0.25) is 0 Å². The van der Waals surface area contributed by atoms with Crippen molar-refractivity contribution in [3.8, 4) is 0 Å². The summed E-state index contributed by atoms with van der Waals surface area (Å²) in [5.74, 6) is 0.0234. The lowest BCUT2D eigenvalue weighted by molar-refractivity contribution is 0.296. The average Bonchev–Trinajstić information content (AvgIpc) is 2.42. The lowest BCUT2D eigenvalue weighted by Crippen LogP contribution is -2.54. The van der Waals surface area contributed by atoms with Crippen molar-refractivity contribution in [3.63, 3.8) is 0 Å². The van der Waals surface area contributed by atoms with Gasteiger partial charge in [0.2, 0.25) is 10.0 Å². The zero-order valence-electron chi connectivity index (χ0n) is 12.6. The van der Waals surface area contributed by atoms with E-state index in [1.54, 1.807) is 0 Å². The Balaban J connectivity index is 2.08. The molecule has 1 aromatic carbocycles. The lowest BCUT2D eigenvalue weighted by atomic mass is 9.85. The average molecular weight is 310 g/mol. The van der Waals surface area contributed by atoms with Crippen molar-refractivity contribution in [2.24, 2.45) is 5.73 Å². The van der Waals surface area contributed by atoms with Gasteiger partial charge in [0, 0.05) is 12.1 Å². The fraction of sp³-hybridized carbons (Fsp3) is 0.625. The molecule has 0 saturated heterocycles. The zero-order valence-corrected chi connectivity index (χ0v) is 13.4. The van der Waals surface area contributed by atoms with E-state index in [-0.39, 0.29) is 5.75 Å². The van der Waals surface area contributed by atoms with E-state index in [4.69, 9.17) is 5.73 Å². The van der Waals surface area contributed by atoms with Crippen LogP contribution in [0.3, 0.4) is 0 Å². The number of nitrogens with one attached hydrogen (secondary N) is 1. The third-order valence-electron chi connectivity index (χ3n) is 4.27. The number of sulfonamides is 1. The van der Waals surface area contributed by atoms with E-state index in [1.807, 2.05) is 30.3 Å². The van der Waals surface area contributed by atoms with Gasteiger partial charge in [0.15, 0.2) is 0 Å². The van der Waals surface area contributed by atoms with Crippen LogP contribution in [0.4, 0.5) is 0 Å². The molecule has 1 fully saturated rings. The molecule has 4 nitrogen and oxygen atoms in total. The minimum atomic E-state index is -3.36. The van der Waals surface area contributed by atoms with Crippen molar-refractivity contribution < 1.29 is 8.42 Å². The Labute approximate surface area is 128 Å². The molecule has 0 unspecified atom stereocenters. The predicted molar refractivity (Wildman–Crippen MR) is 86.3 cm³/mol. The van der Waals surface area contributed by atoms with Crippen LogP contribution in [0.2, 0.25) is 0 Å². The molecule has 2 rings (SSSR count). The molecule has 0 heterocycles. The summed E-state index contributed by atoms with van der Waals surface area (Å²) in [4.78, 5) is 0. The first kappa shape index (κ1) is 16.5. The van der Waals surface area contributed by atoms with Crippen molar-refractivity contribution in [2.45, 2.75) is 56.2 Å². The van der Waals surface area contributed by atoms with Gasteiger partial charge in [-0.15, -0.1) is 0 Å². The number of benzene rings is 1. The van der Waals surface area contributed by atoms with Gasteiger partial charge in [0.05, 0.1) is 5.75 Å². The molecule has 21 heavy (non-hydrogen) atoms. The van der Waals surface area contributed by atoms with Crippen LogP contribution in [0.1, 0.15) is 50.5 Å². The molecule has 0 bridgehead atoms. The second-order valence-corrected chi connectivity index (χ2v) is 7.82. The Morgan fingerprint density at radius 3 is 2.14 bits per heavy atom. The van der Waals surface area contributed by atoms with Gasteiger partial charge in [-0.05, 0) is 18.4 Å². The highest BCUT2D eigenvalue weighted by Crippen LogP contribution is 2.26. The highest BCUT2D eigenvalue weighted by molar-refractivity contribution is 7.88. The molecular formula is C16H26N2O2S. The molecule has 0 spiro atoms. The Morgan fingerprint density at radius 1 is 1.00 bits per heavy atom. The zero-order chi connectivity index (χ0) is 15.2. The molecule has 1 aromatic rings. The van der Waals surface area contributed by atoms with Gasteiger partial charge < -0.3 is 5.73 Å². The monoisotopic (exact) mass is 310 g/mol. The highest BCUT2D eigenvalue weighted by Gasteiger charge is 2.33. The van der Waals surface area contributed by atoms with Gasteiger partial charge in [0.1, 0.15) is 0 Å². The largest absolute Gasteiger partial charge is 0.329 e.